The van der Waals surface area contributed by atoms with Gasteiger partial charge in [-0.15, -0.1) is 24.0 Å². The third-order valence-electron chi connectivity index (χ3n) is 5.31. The van der Waals surface area contributed by atoms with E-state index < -0.39 is 0 Å². The summed E-state index contributed by atoms with van der Waals surface area (Å²) in [6.45, 7) is 8.99. The number of guanidine groups is 1. The largest absolute Gasteiger partial charge is 0.370 e. The third kappa shape index (κ3) is 8.49. The summed E-state index contributed by atoms with van der Waals surface area (Å²) < 4.78 is 0. The Morgan fingerprint density at radius 2 is 2.10 bits per heavy atom. The van der Waals surface area contributed by atoms with Crippen molar-refractivity contribution < 1.29 is 9.59 Å². The van der Waals surface area contributed by atoms with E-state index in [2.05, 4.69) is 15.5 Å². The molecule has 7 nitrogen and oxygen atoms in total. The highest BCUT2D eigenvalue weighted by atomic mass is 127. The number of carbonyl (C=O) groups is 2. The van der Waals surface area contributed by atoms with Gasteiger partial charge in [0.15, 0.2) is 5.96 Å². The summed E-state index contributed by atoms with van der Waals surface area (Å²) in [5.74, 6) is 0.926. The molecule has 0 spiro atoms. The maximum Gasteiger partial charge on any atom is 0.227 e. The quantitative estimate of drug-likeness (QED) is 0.273. The van der Waals surface area contributed by atoms with Gasteiger partial charge in [0.1, 0.15) is 0 Å². The summed E-state index contributed by atoms with van der Waals surface area (Å²) in [7, 11) is 0. The van der Waals surface area contributed by atoms with Gasteiger partial charge in [0.25, 0.3) is 0 Å². The molecule has 1 aromatic carbocycles. The number of hydrogen-bond acceptors (Lipinski definition) is 3. The molecule has 8 heteroatoms. The SMILES string of the molecule is CCNC(=NCc1cccc(NC(=O)C(C)CC)c1)N1CCCC(CC(N)=O)C1.I. The molecule has 2 unspecified atom stereocenters. The number of hydrogen-bond donors (Lipinski definition) is 3. The van der Waals surface area contributed by atoms with Gasteiger partial charge in [0, 0.05) is 37.7 Å². The van der Waals surface area contributed by atoms with Crippen molar-refractivity contribution in [3.05, 3.63) is 29.8 Å². The number of anilines is 1. The van der Waals surface area contributed by atoms with Gasteiger partial charge < -0.3 is 21.3 Å². The molecule has 2 amide bonds. The Balaban J connectivity index is 0.00000450. The first-order valence-corrected chi connectivity index (χ1v) is 10.6. The van der Waals surface area contributed by atoms with Gasteiger partial charge in [-0.05, 0) is 49.8 Å². The fourth-order valence-electron chi connectivity index (χ4n) is 3.50. The second kappa shape index (κ2) is 13.5. The Bertz CT molecular complexity index is 725. The molecule has 168 valence electrons. The van der Waals surface area contributed by atoms with Crippen LogP contribution in [-0.4, -0.2) is 42.3 Å². The van der Waals surface area contributed by atoms with Crippen LogP contribution >= 0.6 is 24.0 Å². The highest BCUT2D eigenvalue weighted by molar-refractivity contribution is 14.0. The topological polar surface area (TPSA) is 99.8 Å². The van der Waals surface area contributed by atoms with E-state index in [4.69, 9.17) is 10.7 Å². The average Bonchev–Trinajstić information content (AvgIpc) is 2.70. The molecular weight excluding hydrogens is 493 g/mol. The third-order valence-corrected chi connectivity index (χ3v) is 5.31. The molecule has 4 N–H and O–H groups in total. The van der Waals surface area contributed by atoms with Crippen molar-refractivity contribution in [1.82, 2.24) is 10.2 Å². The number of primary amides is 1. The van der Waals surface area contributed by atoms with Crippen LogP contribution in [0.4, 0.5) is 5.69 Å². The molecule has 0 radical (unpaired) electrons. The van der Waals surface area contributed by atoms with E-state index in [0.29, 0.717) is 13.0 Å². The number of nitrogens with zero attached hydrogens (tertiary/aromatic N) is 2. The normalized spacial score (nSPS) is 17.6. The zero-order valence-electron chi connectivity index (χ0n) is 18.3. The van der Waals surface area contributed by atoms with Gasteiger partial charge in [0.05, 0.1) is 6.54 Å². The van der Waals surface area contributed by atoms with Crippen molar-refractivity contribution in [3.63, 3.8) is 0 Å². The maximum absolute atomic E-state index is 12.1. The molecular formula is C22H36IN5O2. The fourth-order valence-corrected chi connectivity index (χ4v) is 3.50. The average molecular weight is 529 g/mol. The lowest BCUT2D eigenvalue weighted by molar-refractivity contribution is -0.120. The Hall–Kier alpha value is -1.84. The molecule has 0 bridgehead atoms. The smallest absolute Gasteiger partial charge is 0.227 e. The number of likely N-dealkylation sites (tertiary alicyclic amines) is 1. The molecule has 1 saturated heterocycles. The van der Waals surface area contributed by atoms with Crippen LogP contribution in [0.25, 0.3) is 0 Å². The van der Waals surface area contributed by atoms with Gasteiger partial charge >= 0.3 is 0 Å². The summed E-state index contributed by atoms with van der Waals surface area (Å²) >= 11 is 0. The maximum atomic E-state index is 12.1. The minimum atomic E-state index is -0.241. The molecule has 1 aromatic rings. The number of carbonyl (C=O) groups excluding carboxylic acids is 2. The summed E-state index contributed by atoms with van der Waals surface area (Å²) in [4.78, 5) is 30.4. The van der Waals surface area contributed by atoms with E-state index >= 15 is 0 Å². The summed E-state index contributed by atoms with van der Waals surface area (Å²) in [5, 5.41) is 6.33. The zero-order valence-corrected chi connectivity index (χ0v) is 20.6. The van der Waals surface area contributed by atoms with Crippen molar-refractivity contribution in [1.29, 1.82) is 0 Å². The number of rotatable bonds is 8. The van der Waals surface area contributed by atoms with E-state index in [1.165, 1.54) is 0 Å². The lowest BCUT2D eigenvalue weighted by Gasteiger charge is -2.34. The minimum absolute atomic E-state index is 0. The number of halogens is 1. The van der Waals surface area contributed by atoms with Crippen LogP contribution < -0.4 is 16.4 Å². The first-order valence-electron chi connectivity index (χ1n) is 10.6. The van der Waals surface area contributed by atoms with E-state index in [-0.39, 0.29) is 47.6 Å². The number of benzene rings is 1. The van der Waals surface area contributed by atoms with Gasteiger partial charge in [-0.25, -0.2) is 4.99 Å². The molecule has 30 heavy (non-hydrogen) atoms. The summed E-state index contributed by atoms with van der Waals surface area (Å²) in [6, 6.07) is 7.82. The minimum Gasteiger partial charge on any atom is -0.370 e. The first kappa shape index (κ1) is 26.2. The van der Waals surface area contributed by atoms with Crippen molar-refractivity contribution in [2.24, 2.45) is 22.6 Å². The predicted molar refractivity (Wildman–Crippen MR) is 133 cm³/mol. The van der Waals surface area contributed by atoms with Crippen LogP contribution in [0.15, 0.2) is 29.3 Å². The van der Waals surface area contributed by atoms with Crippen molar-refractivity contribution in [3.8, 4) is 0 Å². The van der Waals surface area contributed by atoms with Gasteiger partial charge in [-0.3, -0.25) is 9.59 Å². The van der Waals surface area contributed by atoms with Gasteiger partial charge in [-0.1, -0.05) is 26.0 Å². The molecule has 1 aliphatic heterocycles. The Labute approximate surface area is 197 Å². The molecule has 1 aliphatic rings. The lowest BCUT2D eigenvalue weighted by Crippen LogP contribution is -2.47. The molecule has 2 rings (SSSR count). The van der Waals surface area contributed by atoms with E-state index in [1.807, 2.05) is 45.0 Å². The fraction of sp³-hybridized carbons (Fsp3) is 0.591. The van der Waals surface area contributed by atoms with Crippen LogP contribution in [0.3, 0.4) is 0 Å². The monoisotopic (exact) mass is 529 g/mol. The van der Waals surface area contributed by atoms with Crippen molar-refractivity contribution in [2.75, 3.05) is 25.0 Å². The number of amides is 2. The van der Waals surface area contributed by atoms with Crippen LogP contribution in [0.5, 0.6) is 0 Å². The predicted octanol–water partition coefficient (Wildman–Crippen LogP) is 3.34. The molecule has 0 aliphatic carbocycles. The van der Waals surface area contributed by atoms with Gasteiger partial charge in [0.2, 0.25) is 11.8 Å². The highest BCUT2D eigenvalue weighted by Gasteiger charge is 2.23. The van der Waals surface area contributed by atoms with E-state index in [0.717, 1.165) is 56.1 Å². The Morgan fingerprint density at radius 1 is 1.33 bits per heavy atom. The van der Waals surface area contributed by atoms with Crippen LogP contribution in [-0.2, 0) is 16.1 Å². The van der Waals surface area contributed by atoms with Crippen molar-refractivity contribution >= 4 is 47.4 Å². The van der Waals surface area contributed by atoms with Crippen molar-refractivity contribution in [2.45, 2.75) is 53.0 Å². The van der Waals surface area contributed by atoms with E-state index in [1.54, 1.807) is 0 Å². The van der Waals surface area contributed by atoms with Crippen LogP contribution in [0.1, 0.15) is 52.0 Å². The van der Waals surface area contributed by atoms with Gasteiger partial charge in [-0.2, -0.15) is 0 Å². The molecule has 0 aromatic heterocycles. The Morgan fingerprint density at radius 3 is 2.77 bits per heavy atom. The number of nitrogens with two attached hydrogens (primary N) is 1. The van der Waals surface area contributed by atoms with E-state index in [9.17, 15) is 9.59 Å². The Kier molecular flexibility index (Phi) is 11.8. The second-order valence-electron chi connectivity index (χ2n) is 7.79. The number of piperidine rings is 1. The highest BCUT2D eigenvalue weighted by Crippen LogP contribution is 2.20. The molecule has 1 fully saturated rings. The second-order valence-corrected chi connectivity index (χ2v) is 7.79. The van der Waals surface area contributed by atoms with Crippen LogP contribution in [0.2, 0.25) is 0 Å². The lowest BCUT2D eigenvalue weighted by atomic mass is 9.95. The molecule has 1 heterocycles. The summed E-state index contributed by atoms with van der Waals surface area (Å²) in [5.41, 5.74) is 7.21. The van der Waals surface area contributed by atoms with Crippen LogP contribution in [0, 0.1) is 11.8 Å². The zero-order chi connectivity index (χ0) is 21.2. The summed E-state index contributed by atoms with van der Waals surface area (Å²) in [6.07, 6.45) is 3.29. The first-order chi connectivity index (χ1) is 13.9. The number of nitrogens with one attached hydrogen (secondary N) is 2. The molecule has 2 atom stereocenters. The standard InChI is InChI=1S/C22H35N5O2.HI/c1-4-16(3)21(29)26-19-10-6-8-17(12-19)14-25-22(24-5-2)27-11-7-9-18(15-27)13-20(23)28;/h6,8,10,12,16,18H,4-5,7,9,11,13-15H2,1-3H3,(H2,23,28)(H,24,25)(H,26,29);1H. The number of aliphatic imine (C=N–C) groups is 1. The molecule has 0 saturated carbocycles.